The van der Waals surface area contributed by atoms with Gasteiger partial charge in [0.1, 0.15) is 5.75 Å². The summed E-state index contributed by atoms with van der Waals surface area (Å²) >= 11 is 0. The van der Waals surface area contributed by atoms with Gasteiger partial charge in [-0.3, -0.25) is 0 Å². The molecule has 0 aliphatic heterocycles. The summed E-state index contributed by atoms with van der Waals surface area (Å²) in [7, 11) is 3.63. The van der Waals surface area contributed by atoms with Gasteiger partial charge in [0.25, 0.3) is 0 Å². The largest absolute Gasteiger partial charge is 0.495 e. The summed E-state index contributed by atoms with van der Waals surface area (Å²) in [5, 5.41) is 8.84. The minimum Gasteiger partial charge on any atom is -0.495 e. The Kier molecular flexibility index (Phi) is 6.59. The molecule has 0 heterocycles. The molecule has 1 unspecified atom stereocenters. The maximum absolute atomic E-state index is 8.84. The molecule has 0 aromatic heterocycles. The third kappa shape index (κ3) is 4.93. The van der Waals surface area contributed by atoms with E-state index in [0.717, 1.165) is 30.0 Å². The number of nitrogens with two attached hydrogens (primary N) is 1. The van der Waals surface area contributed by atoms with E-state index in [0.29, 0.717) is 6.54 Å². The van der Waals surface area contributed by atoms with Crippen molar-refractivity contribution in [2.24, 2.45) is 11.7 Å². The number of hydrogen-bond acceptors (Lipinski definition) is 4. The van der Waals surface area contributed by atoms with Crippen LogP contribution >= 0.6 is 0 Å². The van der Waals surface area contributed by atoms with E-state index in [4.69, 9.17) is 15.7 Å². The Balaban J connectivity index is 2.84. The van der Waals surface area contributed by atoms with E-state index < -0.39 is 0 Å². The number of nitrogens with zero attached hydrogens (tertiary/aromatic N) is 2. The molecule has 0 aliphatic rings. The molecule has 0 spiro atoms. The molecule has 106 valence electrons. The Morgan fingerprint density at radius 2 is 2.20 bits per heavy atom. The normalized spacial score (nSPS) is 11.4. The lowest BCUT2D eigenvalue weighted by atomic mass is 10.1. The summed E-state index contributed by atoms with van der Waals surface area (Å²) < 4.78 is 5.28. The standard InChI is InChI=1S/C16H21N3O/c1-13(10-18)11-19(2)12-14-6-7-16(20-3)15(9-14)5-4-8-17/h6-7,9,13H,8,11-12,17H2,1-3H3. The fourth-order valence-electron chi connectivity index (χ4n) is 1.98. The number of hydrogen-bond donors (Lipinski definition) is 1. The van der Waals surface area contributed by atoms with Gasteiger partial charge < -0.3 is 15.4 Å². The van der Waals surface area contributed by atoms with E-state index in [2.05, 4.69) is 22.8 Å². The smallest absolute Gasteiger partial charge is 0.134 e. The molecule has 1 aromatic carbocycles. The first-order valence-electron chi connectivity index (χ1n) is 6.54. The molecule has 0 aliphatic carbocycles. The predicted molar refractivity (Wildman–Crippen MR) is 80.0 cm³/mol. The first kappa shape index (κ1) is 16.0. The molecule has 2 N–H and O–H groups in total. The highest BCUT2D eigenvalue weighted by Gasteiger charge is 2.08. The van der Waals surface area contributed by atoms with E-state index >= 15 is 0 Å². The molecule has 0 bridgehead atoms. The molecule has 4 heteroatoms. The Labute approximate surface area is 121 Å². The summed E-state index contributed by atoms with van der Waals surface area (Å²) in [5.74, 6) is 6.64. The molecule has 4 nitrogen and oxygen atoms in total. The third-order valence-electron chi connectivity index (χ3n) is 2.85. The summed E-state index contributed by atoms with van der Waals surface area (Å²) in [6, 6.07) is 8.18. The molecule has 20 heavy (non-hydrogen) atoms. The topological polar surface area (TPSA) is 62.3 Å². The van der Waals surface area contributed by atoms with Gasteiger partial charge in [-0.05, 0) is 31.7 Å². The molecule has 0 radical (unpaired) electrons. The fraction of sp³-hybridized carbons (Fsp3) is 0.438. The Hall–Kier alpha value is -2.01. The van der Waals surface area contributed by atoms with Crippen LogP contribution in [0.4, 0.5) is 0 Å². The number of rotatable bonds is 5. The van der Waals surface area contributed by atoms with Crippen molar-refractivity contribution < 1.29 is 4.74 Å². The van der Waals surface area contributed by atoms with Gasteiger partial charge in [0, 0.05) is 13.1 Å². The Morgan fingerprint density at radius 3 is 2.80 bits per heavy atom. The Bertz CT molecular complexity index is 537. The van der Waals surface area contributed by atoms with Gasteiger partial charge in [-0.1, -0.05) is 17.9 Å². The summed E-state index contributed by atoms with van der Waals surface area (Å²) in [4.78, 5) is 2.12. The number of methoxy groups -OCH3 is 1. The first-order chi connectivity index (χ1) is 9.60. The van der Waals surface area contributed by atoms with Gasteiger partial charge in [-0.25, -0.2) is 0 Å². The second kappa shape index (κ2) is 8.22. The van der Waals surface area contributed by atoms with Gasteiger partial charge >= 0.3 is 0 Å². The zero-order valence-electron chi connectivity index (χ0n) is 12.3. The van der Waals surface area contributed by atoms with Crippen LogP contribution in [0.5, 0.6) is 5.75 Å². The van der Waals surface area contributed by atoms with Crippen molar-refractivity contribution in [2.75, 3.05) is 27.2 Å². The van der Waals surface area contributed by atoms with Crippen molar-refractivity contribution in [1.29, 1.82) is 5.26 Å². The van der Waals surface area contributed by atoms with Crippen LogP contribution in [0.3, 0.4) is 0 Å². The minimum atomic E-state index is 0.0229. The van der Waals surface area contributed by atoms with Crippen molar-refractivity contribution in [3.8, 4) is 23.7 Å². The molecular weight excluding hydrogens is 250 g/mol. The van der Waals surface area contributed by atoms with Crippen molar-refractivity contribution in [3.63, 3.8) is 0 Å². The van der Waals surface area contributed by atoms with Crippen LogP contribution in [-0.4, -0.2) is 32.1 Å². The number of nitriles is 1. The molecule has 0 fully saturated rings. The molecule has 0 saturated carbocycles. The van der Waals surface area contributed by atoms with Gasteiger partial charge in [0.2, 0.25) is 0 Å². The molecule has 1 rings (SSSR count). The fourth-order valence-corrected chi connectivity index (χ4v) is 1.98. The van der Waals surface area contributed by atoms with E-state index in [1.165, 1.54) is 0 Å². The molecule has 1 atom stereocenters. The quantitative estimate of drug-likeness (QED) is 0.826. The summed E-state index contributed by atoms with van der Waals surface area (Å²) in [5.41, 5.74) is 7.39. The Morgan fingerprint density at radius 1 is 1.45 bits per heavy atom. The van der Waals surface area contributed by atoms with Crippen LogP contribution in [0, 0.1) is 29.1 Å². The lowest BCUT2D eigenvalue weighted by Crippen LogP contribution is -2.23. The lowest BCUT2D eigenvalue weighted by molar-refractivity contribution is 0.303. The molecule has 0 amide bonds. The molecule has 0 saturated heterocycles. The first-order valence-corrected chi connectivity index (χ1v) is 6.54. The van der Waals surface area contributed by atoms with Gasteiger partial charge in [-0.15, -0.1) is 0 Å². The van der Waals surface area contributed by atoms with Crippen LogP contribution in [0.2, 0.25) is 0 Å². The average molecular weight is 271 g/mol. The van der Waals surface area contributed by atoms with Gasteiger partial charge in [0.05, 0.1) is 31.2 Å². The lowest BCUT2D eigenvalue weighted by Gasteiger charge is -2.18. The SMILES string of the molecule is COc1ccc(CN(C)CC(C)C#N)cc1C#CCN. The highest BCUT2D eigenvalue weighted by Crippen LogP contribution is 2.19. The van der Waals surface area contributed by atoms with E-state index in [1.54, 1.807) is 7.11 Å². The molecular formula is C16H21N3O. The second-order valence-corrected chi connectivity index (χ2v) is 4.77. The maximum atomic E-state index is 8.84. The average Bonchev–Trinajstić information content (AvgIpc) is 2.44. The second-order valence-electron chi connectivity index (χ2n) is 4.77. The van der Waals surface area contributed by atoms with Crippen LogP contribution in [-0.2, 0) is 6.54 Å². The van der Waals surface area contributed by atoms with Crippen molar-refractivity contribution >= 4 is 0 Å². The zero-order valence-corrected chi connectivity index (χ0v) is 12.3. The van der Waals surface area contributed by atoms with Gasteiger partial charge in [-0.2, -0.15) is 5.26 Å². The minimum absolute atomic E-state index is 0.0229. The van der Waals surface area contributed by atoms with Crippen LogP contribution in [0.25, 0.3) is 0 Å². The van der Waals surface area contributed by atoms with E-state index in [1.807, 2.05) is 32.2 Å². The third-order valence-corrected chi connectivity index (χ3v) is 2.85. The zero-order chi connectivity index (χ0) is 15.0. The summed E-state index contributed by atoms with van der Waals surface area (Å²) in [6.45, 7) is 3.76. The number of benzene rings is 1. The van der Waals surface area contributed by atoms with E-state index in [-0.39, 0.29) is 5.92 Å². The van der Waals surface area contributed by atoms with Crippen molar-refractivity contribution in [2.45, 2.75) is 13.5 Å². The van der Waals surface area contributed by atoms with Crippen molar-refractivity contribution in [1.82, 2.24) is 4.90 Å². The van der Waals surface area contributed by atoms with Crippen LogP contribution in [0.15, 0.2) is 18.2 Å². The number of ether oxygens (including phenoxy) is 1. The monoisotopic (exact) mass is 271 g/mol. The van der Waals surface area contributed by atoms with Crippen LogP contribution < -0.4 is 10.5 Å². The van der Waals surface area contributed by atoms with E-state index in [9.17, 15) is 0 Å². The summed E-state index contributed by atoms with van der Waals surface area (Å²) in [6.07, 6.45) is 0. The predicted octanol–water partition coefficient (Wildman–Crippen LogP) is 1.60. The van der Waals surface area contributed by atoms with Crippen LogP contribution in [0.1, 0.15) is 18.1 Å². The van der Waals surface area contributed by atoms with Gasteiger partial charge in [0.15, 0.2) is 0 Å². The highest BCUT2D eigenvalue weighted by molar-refractivity contribution is 5.48. The molecule has 1 aromatic rings. The van der Waals surface area contributed by atoms with Crippen molar-refractivity contribution in [3.05, 3.63) is 29.3 Å². The maximum Gasteiger partial charge on any atom is 0.134 e. The highest BCUT2D eigenvalue weighted by atomic mass is 16.5.